The summed E-state index contributed by atoms with van der Waals surface area (Å²) in [5, 5.41) is 6.60. The Balaban J connectivity index is 0. The molecule has 0 aromatic carbocycles. The molecule has 0 rings (SSSR count). The second kappa shape index (κ2) is 5.23. The van der Waals surface area contributed by atoms with E-state index in [9.17, 15) is 13.2 Å². The molecule has 0 saturated heterocycles. The van der Waals surface area contributed by atoms with Gasteiger partial charge in [0.15, 0.2) is 5.90 Å². The molecule has 0 atom stereocenters. The lowest BCUT2D eigenvalue weighted by atomic mass is 10.4. The standard InChI is InChI=1S/C5H8F3NO.ClH/c1-2-10-4(9)3-5(6,7)8;/h9H,2-3H2,1H3;1H. The molecule has 2 nitrogen and oxygen atoms in total. The maximum Gasteiger partial charge on any atom is 0.397 e. The molecule has 6 heteroatoms. The largest absolute Gasteiger partial charge is 0.481 e. The Bertz CT molecular complexity index is 125. The van der Waals surface area contributed by atoms with Crippen LogP contribution in [0, 0.1) is 5.41 Å². The predicted octanol–water partition coefficient (Wildman–Crippen LogP) is 2.37. The average Bonchev–Trinajstić information content (AvgIpc) is 1.59. The van der Waals surface area contributed by atoms with Gasteiger partial charge in [0, 0.05) is 0 Å². The van der Waals surface area contributed by atoms with Crippen molar-refractivity contribution in [3.05, 3.63) is 0 Å². The van der Waals surface area contributed by atoms with Crippen molar-refractivity contribution >= 4 is 18.3 Å². The highest BCUT2D eigenvalue weighted by molar-refractivity contribution is 5.85. The van der Waals surface area contributed by atoms with Crippen LogP contribution in [0.4, 0.5) is 13.2 Å². The molecule has 0 aliphatic carbocycles. The van der Waals surface area contributed by atoms with Crippen LogP contribution in [0.5, 0.6) is 0 Å². The Kier molecular flexibility index (Phi) is 6.26. The molecule has 0 aromatic rings. The van der Waals surface area contributed by atoms with Gasteiger partial charge in [0.25, 0.3) is 0 Å². The van der Waals surface area contributed by atoms with E-state index in [0.717, 1.165) is 0 Å². The first-order chi connectivity index (χ1) is 4.45. The summed E-state index contributed by atoms with van der Waals surface area (Å²) >= 11 is 0. The van der Waals surface area contributed by atoms with Crippen molar-refractivity contribution in [1.29, 1.82) is 5.41 Å². The van der Waals surface area contributed by atoms with Gasteiger partial charge in [0.1, 0.15) is 6.42 Å². The van der Waals surface area contributed by atoms with Gasteiger partial charge in [-0.25, -0.2) is 0 Å². The number of hydrogen-bond donors (Lipinski definition) is 1. The van der Waals surface area contributed by atoms with Crippen LogP contribution >= 0.6 is 12.4 Å². The van der Waals surface area contributed by atoms with Crippen LogP contribution in [0.25, 0.3) is 0 Å². The molecule has 0 heterocycles. The molecule has 0 aromatic heterocycles. The summed E-state index contributed by atoms with van der Waals surface area (Å²) in [6.07, 6.45) is -5.60. The molecule has 0 aliphatic heterocycles. The SMILES string of the molecule is CCOC(=N)CC(F)(F)F.Cl. The van der Waals surface area contributed by atoms with E-state index in [4.69, 9.17) is 5.41 Å². The summed E-state index contributed by atoms with van der Waals surface area (Å²) in [5.41, 5.74) is 0. The number of ether oxygens (including phenoxy) is 1. The monoisotopic (exact) mass is 191 g/mol. The van der Waals surface area contributed by atoms with E-state index in [0.29, 0.717) is 0 Å². The lowest BCUT2D eigenvalue weighted by Crippen LogP contribution is -2.16. The lowest BCUT2D eigenvalue weighted by molar-refractivity contribution is -0.124. The number of alkyl halides is 3. The third-order valence-electron chi connectivity index (χ3n) is 0.680. The molecule has 0 fully saturated rings. The summed E-state index contributed by atoms with van der Waals surface area (Å²) in [6.45, 7) is 1.64. The van der Waals surface area contributed by atoms with Gasteiger partial charge < -0.3 is 4.74 Å². The van der Waals surface area contributed by atoms with Crippen molar-refractivity contribution in [2.75, 3.05) is 6.61 Å². The molecule has 0 radical (unpaired) electrons. The topological polar surface area (TPSA) is 33.1 Å². The van der Waals surface area contributed by atoms with Crippen LogP contribution in [0.15, 0.2) is 0 Å². The van der Waals surface area contributed by atoms with Gasteiger partial charge in [-0.3, -0.25) is 5.41 Å². The Morgan fingerprint density at radius 2 is 1.91 bits per heavy atom. The predicted molar refractivity (Wildman–Crippen MR) is 37.3 cm³/mol. The van der Waals surface area contributed by atoms with Crippen molar-refractivity contribution in [2.45, 2.75) is 19.5 Å². The Hall–Kier alpha value is -0.450. The van der Waals surface area contributed by atoms with E-state index in [1.165, 1.54) is 6.92 Å². The third kappa shape index (κ3) is 9.55. The fourth-order valence-corrected chi connectivity index (χ4v) is 0.407. The first-order valence-electron chi connectivity index (χ1n) is 2.72. The number of hydrogen-bond acceptors (Lipinski definition) is 2. The van der Waals surface area contributed by atoms with Gasteiger partial charge in [-0.15, -0.1) is 12.4 Å². The van der Waals surface area contributed by atoms with E-state index < -0.39 is 18.5 Å². The van der Waals surface area contributed by atoms with E-state index in [-0.39, 0.29) is 19.0 Å². The minimum absolute atomic E-state index is 0. The zero-order chi connectivity index (χ0) is 8.20. The van der Waals surface area contributed by atoms with Gasteiger partial charge >= 0.3 is 6.18 Å². The van der Waals surface area contributed by atoms with Crippen LogP contribution in [-0.4, -0.2) is 18.7 Å². The molecule has 68 valence electrons. The Morgan fingerprint density at radius 3 is 2.18 bits per heavy atom. The molecular weight excluding hydrogens is 183 g/mol. The zero-order valence-electron chi connectivity index (χ0n) is 5.86. The van der Waals surface area contributed by atoms with Gasteiger partial charge in [0.05, 0.1) is 6.61 Å². The summed E-state index contributed by atoms with van der Waals surface area (Å²) < 4.78 is 38.5. The highest BCUT2D eigenvalue weighted by atomic mass is 35.5. The maximum absolute atomic E-state index is 11.4. The van der Waals surface area contributed by atoms with Crippen molar-refractivity contribution < 1.29 is 17.9 Å². The van der Waals surface area contributed by atoms with Crippen LogP contribution in [-0.2, 0) is 4.74 Å². The highest BCUT2D eigenvalue weighted by Gasteiger charge is 2.29. The molecule has 0 aliphatic rings. The van der Waals surface area contributed by atoms with Crippen LogP contribution < -0.4 is 0 Å². The summed E-state index contributed by atoms with van der Waals surface area (Å²) in [7, 11) is 0. The maximum atomic E-state index is 11.4. The quantitative estimate of drug-likeness (QED) is 0.528. The lowest BCUT2D eigenvalue weighted by Gasteiger charge is -2.06. The van der Waals surface area contributed by atoms with Crippen LogP contribution in [0.2, 0.25) is 0 Å². The molecule has 1 N–H and O–H groups in total. The molecule has 0 saturated carbocycles. The summed E-state index contributed by atoms with van der Waals surface area (Å²) in [4.78, 5) is 0. The van der Waals surface area contributed by atoms with E-state index in [1.54, 1.807) is 0 Å². The number of rotatable bonds is 2. The molecular formula is C5H9ClF3NO. The Labute approximate surface area is 68.6 Å². The zero-order valence-corrected chi connectivity index (χ0v) is 6.68. The van der Waals surface area contributed by atoms with Crippen LogP contribution in [0.3, 0.4) is 0 Å². The smallest absolute Gasteiger partial charge is 0.397 e. The fraction of sp³-hybridized carbons (Fsp3) is 0.800. The Morgan fingerprint density at radius 1 is 1.45 bits per heavy atom. The van der Waals surface area contributed by atoms with Crippen LogP contribution in [0.1, 0.15) is 13.3 Å². The molecule has 11 heavy (non-hydrogen) atoms. The van der Waals surface area contributed by atoms with Crippen molar-refractivity contribution in [1.82, 2.24) is 0 Å². The third-order valence-corrected chi connectivity index (χ3v) is 0.680. The minimum atomic E-state index is -4.33. The first kappa shape index (κ1) is 13.2. The molecule has 0 bridgehead atoms. The van der Waals surface area contributed by atoms with Gasteiger partial charge in [-0.2, -0.15) is 13.2 Å². The molecule has 0 amide bonds. The van der Waals surface area contributed by atoms with E-state index in [2.05, 4.69) is 4.74 Å². The highest BCUT2D eigenvalue weighted by Crippen LogP contribution is 2.19. The minimum Gasteiger partial charge on any atom is -0.481 e. The fourth-order valence-electron chi connectivity index (χ4n) is 0.407. The van der Waals surface area contributed by atoms with Crippen molar-refractivity contribution in [2.24, 2.45) is 0 Å². The number of halogens is 4. The van der Waals surface area contributed by atoms with E-state index in [1.807, 2.05) is 0 Å². The van der Waals surface area contributed by atoms with E-state index >= 15 is 0 Å². The summed E-state index contributed by atoms with van der Waals surface area (Å²) in [5.74, 6) is -0.727. The average molecular weight is 192 g/mol. The van der Waals surface area contributed by atoms with Gasteiger partial charge in [-0.05, 0) is 6.92 Å². The molecule has 0 unspecified atom stereocenters. The summed E-state index contributed by atoms with van der Waals surface area (Å²) in [6, 6.07) is 0. The second-order valence-corrected chi connectivity index (χ2v) is 1.65. The van der Waals surface area contributed by atoms with Crippen molar-refractivity contribution in [3.63, 3.8) is 0 Å². The number of nitrogens with one attached hydrogen (secondary N) is 1. The first-order valence-corrected chi connectivity index (χ1v) is 2.72. The second-order valence-electron chi connectivity index (χ2n) is 1.65. The van der Waals surface area contributed by atoms with Gasteiger partial charge in [0.2, 0.25) is 0 Å². The molecule has 0 spiro atoms. The van der Waals surface area contributed by atoms with Crippen molar-refractivity contribution in [3.8, 4) is 0 Å². The normalized spacial score (nSPS) is 10.2. The van der Waals surface area contributed by atoms with Gasteiger partial charge in [-0.1, -0.05) is 0 Å².